The SMILES string of the molecule is COC[C@H](O)CN(c1cc(OC)cc(OC)c1)c1ccc2ncc(-c3cnn(C)c3)nc2c1.COc1cc(OC)cc(N(CC2=NCC=C2)c2ccc3ncc(-c4cnn(C)c4)nc3c2)c1. The number of hydrogen-bond donors (Lipinski definition) is 1. The number of hydrogen-bond acceptors (Lipinski definition) is 15. The van der Waals surface area contributed by atoms with Crippen LogP contribution in [-0.2, 0) is 18.8 Å². The Labute approximate surface area is 382 Å². The molecular formula is C49H51N11O6. The van der Waals surface area contributed by atoms with E-state index in [1.165, 1.54) is 0 Å². The number of nitrogens with zero attached hydrogens (tertiary/aromatic N) is 11. The average molecular weight is 890 g/mol. The number of benzene rings is 4. The molecule has 17 heteroatoms. The van der Waals surface area contributed by atoms with Gasteiger partial charge in [0.05, 0.1) is 125 Å². The van der Waals surface area contributed by atoms with E-state index < -0.39 is 6.10 Å². The van der Waals surface area contributed by atoms with Crippen molar-refractivity contribution in [1.29, 1.82) is 0 Å². The van der Waals surface area contributed by atoms with E-state index in [0.29, 0.717) is 31.1 Å². The molecule has 66 heavy (non-hydrogen) atoms. The van der Waals surface area contributed by atoms with Crippen LogP contribution in [-0.4, -0.2) is 118 Å². The van der Waals surface area contributed by atoms with Crippen LogP contribution in [0.25, 0.3) is 44.6 Å². The van der Waals surface area contributed by atoms with E-state index in [0.717, 1.165) is 84.5 Å². The van der Waals surface area contributed by atoms with Crippen molar-refractivity contribution in [2.45, 2.75) is 6.10 Å². The summed E-state index contributed by atoms with van der Waals surface area (Å²) in [5.41, 5.74) is 11.0. The third-order valence-corrected chi connectivity index (χ3v) is 10.8. The molecule has 0 spiro atoms. The normalized spacial score (nSPS) is 12.4. The Balaban J connectivity index is 0.000000179. The van der Waals surface area contributed by atoms with Crippen molar-refractivity contribution in [1.82, 2.24) is 39.5 Å². The van der Waals surface area contributed by atoms with Crippen LogP contribution in [0.4, 0.5) is 22.7 Å². The molecule has 0 saturated heterocycles. The number of aromatic nitrogens is 8. The first-order chi connectivity index (χ1) is 32.1. The van der Waals surface area contributed by atoms with E-state index in [1.54, 1.807) is 75.8 Å². The van der Waals surface area contributed by atoms with Crippen molar-refractivity contribution in [2.24, 2.45) is 19.1 Å². The molecule has 1 aliphatic rings. The van der Waals surface area contributed by atoms with Crippen molar-refractivity contribution in [3.63, 3.8) is 0 Å². The van der Waals surface area contributed by atoms with E-state index in [1.807, 2.05) is 98.1 Å². The Morgan fingerprint density at radius 3 is 1.50 bits per heavy atom. The van der Waals surface area contributed by atoms with Gasteiger partial charge in [-0.1, -0.05) is 6.08 Å². The molecule has 1 aliphatic heterocycles. The molecule has 0 bridgehead atoms. The van der Waals surface area contributed by atoms with Crippen LogP contribution >= 0.6 is 0 Å². The highest BCUT2D eigenvalue weighted by Crippen LogP contribution is 2.36. The fourth-order valence-electron chi connectivity index (χ4n) is 7.44. The number of ether oxygens (including phenoxy) is 5. The third-order valence-electron chi connectivity index (χ3n) is 10.8. The van der Waals surface area contributed by atoms with Crippen LogP contribution < -0.4 is 28.7 Å². The van der Waals surface area contributed by atoms with Gasteiger partial charge in [-0.25, -0.2) is 9.97 Å². The van der Waals surface area contributed by atoms with Gasteiger partial charge in [0, 0.05) is 104 Å². The van der Waals surface area contributed by atoms with Gasteiger partial charge in [-0.05, 0) is 42.5 Å². The van der Waals surface area contributed by atoms with Crippen LogP contribution in [0.5, 0.6) is 23.0 Å². The molecule has 0 radical (unpaired) electrons. The average Bonchev–Trinajstić information content (AvgIpc) is 4.15. The largest absolute Gasteiger partial charge is 0.497 e. The van der Waals surface area contributed by atoms with Crippen LogP contribution in [0.15, 0.2) is 127 Å². The first-order valence-corrected chi connectivity index (χ1v) is 21.0. The maximum atomic E-state index is 10.5. The third kappa shape index (κ3) is 10.4. The Hall–Kier alpha value is -7.89. The number of aliphatic hydroxyl groups excluding tert-OH is 1. The number of aryl methyl sites for hydroxylation is 2. The number of aliphatic hydroxyl groups is 1. The van der Waals surface area contributed by atoms with E-state index >= 15 is 0 Å². The van der Waals surface area contributed by atoms with E-state index in [9.17, 15) is 5.11 Å². The van der Waals surface area contributed by atoms with Crippen LogP contribution in [0.3, 0.4) is 0 Å². The van der Waals surface area contributed by atoms with E-state index in [2.05, 4.69) is 42.2 Å². The van der Waals surface area contributed by atoms with Crippen molar-refractivity contribution >= 4 is 50.5 Å². The molecule has 17 nitrogen and oxygen atoms in total. The summed E-state index contributed by atoms with van der Waals surface area (Å²) in [4.78, 5) is 27.6. The lowest BCUT2D eigenvalue weighted by molar-refractivity contribution is 0.0701. The molecule has 9 rings (SSSR count). The van der Waals surface area contributed by atoms with Gasteiger partial charge in [-0.15, -0.1) is 0 Å². The summed E-state index contributed by atoms with van der Waals surface area (Å²) in [6.45, 7) is 1.82. The van der Waals surface area contributed by atoms with Crippen LogP contribution in [0, 0.1) is 0 Å². The van der Waals surface area contributed by atoms with Gasteiger partial charge in [-0.2, -0.15) is 10.2 Å². The van der Waals surface area contributed by atoms with Crippen molar-refractivity contribution in [2.75, 3.05) is 71.6 Å². The Bertz CT molecular complexity index is 2980. The van der Waals surface area contributed by atoms with Gasteiger partial charge < -0.3 is 38.6 Å². The summed E-state index contributed by atoms with van der Waals surface area (Å²) in [6, 6.07) is 23.3. The molecule has 0 aliphatic carbocycles. The monoisotopic (exact) mass is 889 g/mol. The van der Waals surface area contributed by atoms with E-state index in [4.69, 9.17) is 33.7 Å². The second kappa shape index (κ2) is 20.3. The lowest BCUT2D eigenvalue weighted by atomic mass is 10.1. The summed E-state index contributed by atoms with van der Waals surface area (Å²) in [6.07, 6.45) is 14.3. The fraction of sp³-hybridized carbons (Fsp3) is 0.245. The molecule has 338 valence electrons. The summed E-state index contributed by atoms with van der Waals surface area (Å²) in [5.74, 6) is 2.74. The molecule has 8 aromatic rings. The predicted molar refractivity (Wildman–Crippen MR) is 256 cm³/mol. The fourth-order valence-corrected chi connectivity index (χ4v) is 7.44. The standard InChI is InChI=1S/C25H24N6O2.C24H27N5O4/c1-30-15-17(13-28-30)25-14-27-23-7-6-19(11-24(23)29-25)31(16-18-5-4-8-26-18)20-9-21(32-2)12-22(10-20)33-3;1-28-13-16(11-26-28)24-12-25-22-6-5-17(9-23(22)27-24)29(14-19(30)15-31-2)18-7-20(32-3)10-21(8-18)33-4/h4-7,9-15H,8,16H2,1-3H3;5-13,19,30H,14-15H2,1-4H3/t;19-/m.1/s1. The highest BCUT2D eigenvalue weighted by Gasteiger charge is 2.20. The van der Waals surface area contributed by atoms with Crippen LogP contribution in [0.1, 0.15) is 0 Å². The summed E-state index contributed by atoms with van der Waals surface area (Å²) < 4.78 is 30.5. The molecule has 5 heterocycles. The van der Waals surface area contributed by atoms with Crippen molar-refractivity contribution in [3.8, 4) is 45.5 Å². The quantitative estimate of drug-likeness (QED) is 0.102. The first-order valence-electron chi connectivity index (χ1n) is 21.0. The predicted octanol–water partition coefficient (Wildman–Crippen LogP) is 7.39. The number of methoxy groups -OCH3 is 5. The smallest absolute Gasteiger partial charge is 0.124 e. The number of fused-ring (bicyclic) bond motifs is 2. The molecule has 0 amide bonds. The lowest BCUT2D eigenvalue weighted by Gasteiger charge is -2.28. The minimum atomic E-state index is -0.712. The summed E-state index contributed by atoms with van der Waals surface area (Å²) in [7, 11) is 11.8. The second-order valence-corrected chi connectivity index (χ2v) is 15.3. The lowest BCUT2D eigenvalue weighted by Crippen LogP contribution is -2.31. The minimum Gasteiger partial charge on any atom is -0.497 e. The summed E-state index contributed by atoms with van der Waals surface area (Å²) >= 11 is 0. The highest BCUT2D eigenvalue weighted by atomic mass is 16.5. The second-order valence-electron chi connectivity index (χ2n) is 15.3. The molecule has 0 fully saturated rings. The van der Waals surface area contributed by atoms with Gasteiger partial charge >= 0.3 is 0 Å². The zero-order valence-corrected chi connectivity index (χ0v) is 37.9. The van der Waals surface area contributed by atoms with Crippen molar-refractivity contribution < 1.29 is 28.8 Å². The zero-order valence-electron chi connectivity index (χ0n) is 37.9. The Kier molecular flexibility index (Phi) is 13.8. The molecule has 4 aromatic carbocycles. The highest BCUT2D eigenvalue weighted by molar-refractivity contribution is 6.01. The van der Waals surface area contributed by atoms with Crippen molar-refractivity contribution in [3.05, 3.63) is 122 Å². The van der Waals surface area contributed by atoms with Gasteiger partial charge in [0.1, 0.15) is 23.0 Å². The molecule has 0 saturated carbocycles. The molecule has 4 aromatic heterocycles. The summed E-state index contributed by atoms with van der Waals surface area (Å²) in [5, 5.41) is 19.0. The number of anilines is 4. The zero-order chi connectivity index (χ0) is 46.2. The van der Waals surface area contributed by atoms with Gasteiger partial charge in [-0.3, -0.25) is 24.3 Å². The number of aliphatic imine (C=N–C) groups is 1. The molecular weight excluding hydrogens is 839 g/mol. The molecule has 1 atom stereocenters. The first kappa shape index (κ1) is 44.7. The topological polar surface area (TPSA) is 172 Å². The Morgan fingerprint density at radius 2 is 1.08 bits per heavy atom. The molecule has 0 unspecified atom stereocenters. The number of rotatable bonds is 16. The molecule has 1 N–H and O–H groups in total. The van der Waals surface area contributed by atoms with Crippen LogP contribution in [0.2, 0.25) is 0 Å². The van der Waals surface area contributed by atoms with Gasteiger partial charge in [0.2, 0.25) is 0 Å². The van der Waals surface area contributed by atoms with Gasteiger partial charge in [0.25, 0.3) is 0 Å². The van der Waals surface area contributed by atoms with E-state index in [-0.39, 0.29) is 6.61 Å². The van der Waals surface area contributed by atoms with Gasteiger partial charge in [0.15, 0.2) is 0 Å². The minimum absolute atomic E-state index is 0.205. The maximum absolute atomic E-state index is 10.5. The maximum Gasteiger partial charge on any atom is 0.124 e. The Morgan fingerprint density at radius 1 is 0.591 bits per heavy atom.